The maximum absolute atomic E-state index is 13.4. The number of hydrogen-bond acceptors (Lipinski definition) is 1. The summed E-state index contributed by atoms with van der Waals surface area (Å²) in [6.07, 6.45) is 0. The van der Waals surface area contributed by atoms with Crippen LogP contribution in [0, 0.1) is 17.7 Å². The molecule has 0 heterocycles. The number of benzene rings is 1. The predicted molar refractivity (Wildman–Crippen MR) is 59.7 cm³/mol. The number of carbonyl (C=O) groups is 1. The molecule has 3 heteroatoms. The van der Waals surface area contributed by atoms with E-state index in [0.717, 1.165) is 0 Å². The van der Waals surface area contributed by atoms with E-state index in [1.54, 1.807) is 6.92 Å². The van der Waals surface area contributed by atoms with Crippen molar-refractivity contribution in [3.8, 4) is 0 Å². The van der Waals surface area contributed by atoms with Crippen molar-refractivity contribution < 1.29 is 9.18 Å². The van der Waals surface area contributed by atoms with Gasteiger partial charge in [0, 0.05) is 10.9 Å². The van der Waals surface area contributed by atoms with Gasteiger partial charge in [-0.1, -0.05) is 32.4 Å². The van der Waals surface area contributed by atoms with Crippen LogP contribution < -0.4 is 0 Å². The van der Waals surface area contributed by atoms with Crippen LogP contribution >= 0.6 is 11.6 Å². The van der Waals surface area contributed by atoms with Crippen LogP contribution in [0.4, 0.5) is 4.39 Å². The van der Waals surface area contributed by atoms with Crippen molar-refractivity contribution in [3.63, 3.8) is 0 Å². The van der Waals surface area contributed by atoms with Crippen molar-refractivity contribution in [2.24, 2.45) is 11.8 Å². The fourth-order valence-electron chi connectivity index (χ4n) is 1.24. The fourth-order valence-corrected chi connectivity index (χ4v) is 1.40. The van der Waals surface area contributed by atoms with Crippen LogP contribution in [0.15, 0.2) is 18.2 Å². The lowest BCUT2D eigenvalue weighted by Crippen LogP contribution is -2.18. The fraction of sp³-hybridized carbons (Fsp3) is 0.417. The molecule has 0 aliphatic carbocycles. The van der Waals surface area contributed by atoms with Gasteiger partial charge in [-0.3, -0.25) is 4.79 Å². The molecule has 0 fully saturated rings. The second-order valence-electron chi connectivity index (χ2n) is 4.02. The largest absolute Gasteiger partial charge is 0.294 e. The molecule has 1 rings (SSSR count). The minimum Gasteiger partial charge on any atom is -0.294 e. The van der Waals surface area contributed by atoms with E-state index in [9.17, 15) is 9.18 Å². The smallest absolute Gasteiger partial charge is 0.168 e. The standard InChI is InChI=1S/C12H14ClFO/c1-7(2)8(3)12(15)10-5-4-9(13)6-11(10)14/h4-8H,1-3H3. The maximum Gasteiger partial charge on any atom is 0.168 e. The zero-order valence-electron chi connectivity index (χ0n) is 9.05. The third-order valence-corrected chi connectivity index (χ3v) is 2.85. The maximum atomic E-state index is 13.4. The molecule has 1 aromatic carbocycles. The summed E-state index contributed by atoms with van der Waals surface area (Å²) in [6.45, 7) is 5.69. The molecule has 1 nitrogen and oxygen atoms in total. The monoisotopic (exact) mass is 228 g/mol. The average molecular weight is 229 g/mol. The van der Waals surface area contributed by atoms with Crippen LogP contribution in [-0.2, 0) is 0 Å². The lowest BCUT2D eigenvalue weighted by Gasteiger charge is -2.14. The van der Waals surface area contributed by atoms with E-state index in [4.69, 9.17) is 11.6 Å². The summed E-state index contributed by atoms with van der Waals surface area (Å²) in [6, 6.07) is 4.14. The zero-order valence-corrected chi connectivity index (χ0v) is 9.81. The predicted octanol–water partition coefficient (Wildman–Crippen LogP) is 3.95. The molecule has 0 aliphatic heterocycles. The highest BCUT2D eigenvalue weighted by Gasteiger charge is 2.21. The normalized spacial score (nSPS) is 12.9. The second-order valence-corrected chi connectivity index (χ2v) is 4.46. The van der Waals surface area contributed by atoms with Gasteiger partial charge in [0.25, 0.3) is 0 Å². The molecule has 82 valence electrons. The van der Waals surface area contributed by atoms with Crippen molar-refractivity contribution >= 4 is 17.4 Å². The van der Waals surface area contributed by atoms with Gasteiger partial charge in [0.05, 0.1) is 5.56 Å². The highest BCUT2D eigenvalue weighted by molar-refractivity contribution is 6.30. The first-order valence-corrected chi connectivity index (χ1v) is 5.30. The quantitative estimate of drug-likeness (QED) is 0.716. The van der Waals surface area contributed by atoms with Gasteiger partial charge in [0.15, 0.2) is 5.78 Å². The van der Waals surface area contributed by atoms with Crippen molar-refractivity contribution in [2.75, 3.05) is 0 Å². The molecule has 0 aromatic heterocycles. The molecule has 0 saturated heterocycles. The molecular weight excluding hydrogens is 215 g/mol. The molecule has 0 radical (unpaired) electrons. The van der Waals surface area contributed by atoms with Crippen molar-refractivity contribution in [1.82, 2.24) is 0 Å². The Kier molecular flexibility index (Phi) is 3.86. The van der Waals surface area contributed by atoms with Crippen LogP contribution in [0.2, 0.25) is 5.02 Å². The minimum absolute atomic E-state index is 0.126. The third-order valence-electron chi connectivity index (χ3n) is 2.61. The first kappa shape index (κ1) is 12.2. The molecule has 0 amide bonds. The van der Waals surface area contributed by atoms with E-state index in [0.29, 0.717) is 5.02 Å². The van der Waals surface area contributed by atoms with Crippen LogP contribution in [-0.4, -0.2) is 5.78 Å². The SMILES string of the molecule is CC(C)C(C)C(=O)c1ccc(Cl)cc1F. The molecule has 1 atom stereocenters. The molecular formula is C12H14ClFO. The Labute approximate surface area is 94.3 Å². The van der Waals surface area contributed by atoms with Gasteiger partial charge in [-0.2, -0.15) is 0 Å². The summed E-state index contributed by atoms with van der Waals surface area (Å²) < 4.78 is 13.4. The molecule has 1 unspecified atom stereocenters. The molecule has 0 spiro atoms. The van der Waals surface area contributed by atoms with E-state index >= 15 is 0 Å². The summed E-state index contributed by atoms with van der Waals surface area (Å²) in [5.41, 5.74) is 0.126. The second kappa shape index (κ2) is 4.75. The minimum atomic E-state index is -0.542. The van der Waals surface area contributed by atoms with Gasteiger partial charge in [0.2, 0.25) is 0 Å². The number of ketones is 1. The molecule has 1 aromatic rings. The van der Waals surface area contributed by atoms with E-state index in [2.05, 4.69) is 0 Å². The lowest BCUT2D eigenvalue weighted by molar-refractivity contribution is 0.0895. The number of hydrogen-bond donors (Lipinski definition) is 0. The molecule has 0 aliphatic rings. The summed E-state index contributed by atoms with van der Waals surface area (Å²) in [4.78, 5) is 11.8. The Morgan fingerprint density at radius 3 is 2.40 bits per heavy atom. The van der Waals surface area contributed by atoms with Crippen LogP contribution in [0.5, 0.6) is 0 Å². The molecule has 0 saturated carbocycles. The number of halogens is 2. The van der Waals surface area contributed by atoms with E-state index < -0.39 is 5.82 Å². The van der Waals surface area contributed by atoms with E-state index in [1.165, 1.54) is 18.2 Å². The van der Waals surface area contributed by atoms with Crippen molar-refractivity contribution in [3.05, 3.63) is 34.6 Å². The topological polar surface area (TPSA) is 17.1 Å². The summed E-state index contributed by atoms with van der Waals surface area (Å²) in [5.74, 6) is -0.688. The highest BCUT2D eigenvalue weighted by Crippen LogP contribution is 2.21. The van der Waals surface area contributed by atoms with Gasteiger partial charge in [-0.05, 0) is 24.1 Å². The van der Waals surface area contributed by atoms with Crippen molar-refractivity contribution in [2.45, 2.75) is 20.8 Å². The van der Waals surface area contributed by atoms with E-state index in [-0.39, 0.29) is 23.2 Å². The Bertz CT molecular complexity index is 374. The van der Waals surface area contributed by atoms with Gasteiger partial charge < -0.3 is 0 Å². The Hall–Kier alpha value is -0.890. The first-order valence-electron chi connectivity index (χ1n) is 4.92. The van der Waals surface area contributed by atoms with Crippen LogP contribution in [0.1, 0.15) is 31.1 Å². The van der Waals surface area contributed by atoms with Gasteiger partial charge in [-0.15, -0.1) is 0 Å². The molecule has 0 bridgehead atoms. The van der Waals surface area contributed by atoms with E-state index in [1.807, 2.05) is 13.8 Å². The number of carbonyl (C=O) groups excluding carboxylic acids is 1. The van der Waals surface area contributed by atoms with Gasteiger partial charge >= 0.3 is 0 Å². The van der Waals surface area contributed by atoms with Gasteiger partial charge in [-0.25, -0.2) is 4.39 Å². The van der Waals surface area contributed by atoms with Gasteiger partial charge in [0.1, 0.15) is 5.82 Å². The lowest BCUT2D eigenvalue weighted by atomic mass is 9.89. The molecule has 15 heavy (non-hydrogen) atoms. The molecule has 0 N–H and O–H groups in total. The Morgan fingerprint density at radius 2 is 1.93 bits per heavy atom. The van der Waals surface area contributed by atoms with Crippen LogP contribution in [0.25, 0.3) is 0 Å². The average Bonchev–Trinajstić information content (AvgIpc) is 2.15. The van der Waals surface area contributed by atoms with Crippen LogP contribution in [0.3, 0.4) is 0 Å². The zero-order chi connectivity index (χ0) is 11.6. The third kappa shape index (κ3) is 2.78. The first-order chi connectivity index (χ1) is 6.93. The number of rotatable bonds is 3. The summed E-state index contributed by atoms with van der Waals surface area (Å²) in [5, 5.41) is 0.307. The highest BCUT2D eigenvalue weighted by atomic mass is 35.5. The summed E-state index contributed by atoms with van der Waals surface area (Å²) >= 11 is 5.61. The van der Waals surface area contributed by atoms with Crippen molar-refractivity contribution in [1.29, 1.82) is 0 Å². The summed E-state index contributed by atoms with van der Waals surface area (Å²) in [7, 11) is 0. The Morgan fingerprint density at radius 1 is 1.33 bits per heavy atom. The number of Topliss-reactive ketones (excluding diaryl/α,β-unsaturated/α-hetero) is 1. The Balaban J connectivity index is 3.01.